The van der Waals surface area contributed by atoms with Crippen molar-refractivity contribution >= 4 is 12.0 Å². The van der Waals surface area contributed by atoms with Gasteiger partial charge in [0.25, 0.3) is 0 Å². The summed E-state index contributed by atoms with van der Waals surface area (Å²) in [7, 11) is 1.37. The van der Waals surface area contributed by atoms with E-state index in [0.29, 0.717) is 5.56 Å². The molecule has 2 saturated heterocycles. The first-order valence-electron chi connectivity index (χ1n) is 10.9. The Morgan fingerprint density at radius 3 is 2.19 bits per heavy atom. The number of ether oxygens (including phenoxy) is 5. The van der Waals surface area contributed by atoms with Crippen LogP contribution in [0.4, 0.5) is 0 Å². The summed E-state index contributed by atoms with van der Waals surface area (Å²) in [5.41, 5.74) is 0.525. The van der Waals surface area contributed by atoms with Crippen LogP contribution in [0.25, 0.3) is 6.08 Å². The first-order valence-corrected chi connectivity index (χ1v) is 10.9. The molecule has 10 atom stereocenters. The normalized spacial score (nSPS) is 37.1. The zero-order chi connectivity index (χ0) is 26.6. The van der Waals surface area contributed by atoms with Crippen LogP contribution in [0.15, 0.2) is 24.3 Å². The van der Waals surface area contributed by atoms with Crippen LogP contribution >= 0.6 is 0 Å². The highest BCUT2D eigenvalue weighted by molar-refractivity contribution is 5.87. The number of esters is 1. The van der Waals surface area contributed by atoms with Crippen molar-refractivity contribution in [3.8, 4) is 11.5 Å². The number of aliphatic hydroxyl groups excluding tert-OH is 7. The van der Waals surface area contributed by atoms with Crippen molar-refractivity contribution < 1.29 is 69.3 Å². The maximum Gasteiger partial charge on any atom is 0.330 e. The van der Waals surface area contributed by atoms with Crippen LogP contribution in [0.2, 0.25) is 0 Å². The molecule has 0 bridgehead atoms. The van der Waals surface area contributed by atoms with E-state index in [0.717, 1.165) is 6.08 Å². The molecule has 36 heavy (non-hydrogen) atoms. The molecular weight excluding hydrogens is 488 g/mol. The minimum atomic E-state index is -1.80. The van der Waals surface area contributed by atoms with Gasteiger partial charge < -0.3 is 64.5 Å². The van der Waals surface area contributed by atoms with Gasteiger partial charge in [-0.05, 0) is 23.8 Å². The average molecular weight is 518 g/mol. The predicted molar refractivity (Wildman–Crippen MR) is 116 cm³/mol. The lowest BCUT2D eigenvalue weighted by Gasteiger charge is -2.42. The van der Waals surface area contributed by atoms with Gasteiger partial charge in [-0.2, -0.15) is 0 Å². The second-order valence-electron chi connectivity index (χ2n) is 8.28. The van der Waals surface area contributed by atoms with Crippen molar-refractivity contribution in [2.75, 3.05) is 20.3 Å². The van der Waals surface area contributed by atoms with Crippen LogP contribution in [0, 0.1) is 0 Å². The van der Waals surface area contributed by atoms with Crippen LogP contribution in [0.5, 0.6) is 11.5 Å². The number of carbonyl (C=O) groups is 1. The van der Waals surface area contributed by atoms with Crippen LogP contribution < -0.4 is 4.74 Å². The maximum absolute atomic E-state index is 12.1. The van der Waals surface area contributed by atoms with Gasteiger partial charge in [-0.3, -0.25) is 0 Å². The second kappa shape index (κ2) is 12.2. The van der Waals surface area contributed by atoms with Crippen molar-refractivity contribution in [1.82, 2.24) is 0 Å². The molecule has 2 aliphatic rings. The molecule has 0 saturated carbocycles. The lowest BCUT2D eigenvalue weighted by atomic mass is 9.98. The number of benzene rings is 1. The van der Waals surface area contributed by atoms with Gasteiger partial charge >= 0.3 is 5.97 Å². The first-order chi connectivity index (χ1) is 17.0. The van der Waals surface area contributed by atoms with Crippen molar-refractivity contribution in [3.05, 3.63) is 29.8 Å². The van der Waals surface area contributed by atoms with E-state index in [9.17, 15) is 45.6 Å². The molecule has 2 aliphatic heterocycles. The molecular formula is C22H30O14. The fourth-order valence-corrected chi connectivity index (χ4v) is 3.62. The number of phenolic OH excluding ortho intramolecular Hbond substituents is 1. The zero-order valence-electron chi connectivity index (χ0n) is 19.1. The van der Waals surface area contributed by atoms with Crippen molar-refractivity contribution in [1.29, 1.82) is 0 Å². The Morgan fingerprint density at radius 2 is 1.53 bits per heavy atom. The Balaban J connectivity index is 1.55. The number of phenols is 1. The van der Waals surface area contributed by atoms with Gasteiger partial charge in [-0.1, -0.05) is 6.07 Å². The number of aliphatic hydroxyl groups is 7. The fourth-order valence-electron chi connectivity index (χ4n) is 3.62. The monoisotopic (exact) mass is 518 g/mol. The third kappa shape index (κ3) is 6.49. The first kappa shape index (κ1) is 28.2. The summed E-state index contributed by atoms with van der Waals surface area (Å²) in [5, 5.41) is 79.0. The van der Waals surface area contributed by atoms with Crippen LogP contribution in [0.3, 0.4) is 0 Å². The zero-order valence-corrected chi connectivity index (χ0v) is 19.1. The minimum Gasteiger partial charge on any atom is -0.504 e. The van der Waals surface area contributed by atoms with Crippen LogP contribution in [-0.2, 0) is 23.7 Å². The van der Waals surface area contributed by atoms with E-state index in [1.807, 2.05) is 0 Å². The van der Waals surface area contributed by atoms with Gasteiger partial charge in [-0.25, -0.2) is 4.79 Å². The minimum absolute atomic E-state index is 0.0762. The van der Waals surface area contributed by atoms with E-state index >= 15 is 0 Å². The lowest BCUT2D eigenvalue weighted by molar-refractivity contribution is -0.326. The molecule has 0 amide bonds. The Labute approximate surface area is 205 Å². The molecule has 2 heterocycles. The van der Waals surface area contributed by atoms with Gasteiger partial charge in [0.15, 0.2) is 24.1 Å². The van der Waals surface area contributed by atoms with Gasteiger partial charge in [-0.15, -0.1) is 0 Å². The summed E-state index contributed by atoms with van der Waals surface area (Å²) in [6, 6.07) is 4.39. The number of aromatic hydroxyl groups is 1. The number of methoxy groups -OCH3 is 1. The maximum atomic E-state index is 12.1. The molecule has 8 N–H and O–H groups in total. The van der Waals surface area contributed by atoms with Crippen LogP contribution in [-0.4, -0.2) is 129 Å². The van der Waals surface area contributed by atoms with E-state index in [1.165, 1.54) is 31.4 Å². The van der Waals surface area contributed by atoms with Gasteiger partial charge in [0, 0.05) is 6.08 Å². The number of rotatable bonds is 8. The summed E-state index contributed by atoms with van der Waals surface area (Å²) >= 11 is 0. The molecule has 0 radical (unpaired) electrons. The SMILES string of the molecule is COc1cc(C=CC(=O)OCC2OC(OCC3OC(O)C(O)C(O)C3O)C(O)C(O)C2O)ccc1O. The van der Waals surface area contributed by atoms with Crippen molar-refractivity contribution in [2.45, 2.75) is 61.4 Å². The van der Waals surface area contributed by atoms with Gasteiger partial charge in [0.2, 0.25) is 0 Å². The molecule has 2 fully saturated rings. The van der Waals surface area contributed by atoms with Crippen molar-refractivity contribution in [3.63, 3.8) is 0 Å². The Morgan fingerprint density at radius 1 is 0.889 bits per heavy atom. The Kier molecular flexibility index (Phi) is 9.59. The molecule has 10 unspecified atom stereocenters. The summed E-state index contributed by atoms with van der Waals surface area (Å²) < 4.78 is 25.7. The van der Waals surface area contributed by atoms with E-state index in [2.05, 4.69) is 0 Å². The summed E-state index contributed by atoms with van der Waals surface area (Å²) in [6.07, 6.45) is -13.8. The smallest absolute Gasteiger partial charge is 0.330 e. The van der Waals surface area contributed by atoms with E-state index in [4.69, 9.17) is 23.7 Å². The molecule has 0 spiro atoms. The summed E-state index contributed by atoms with van der Waals surface area (Å²) in [6.45, 7) is -1.07. The van der Waals surface area contributed by atoms with E-state index < -0.39 is 80.6 Å². The largest absolute Gasteiger partial charge is 0.504 e. The second-order valence-corrected chi connectivity index (χ2v) is 8.28. The number of hydrogen-bond donors (Lipinski definition) is 8. The Bertz CT molecular complexity index is 909. The Hall–Kier alpha value is -2.37. The molecule has 14 nitrogen and oxygen atoms in total. The highest BCUT2D eigenvalue weighted by Gasteiger charge is 2.47. The van der Waals surface area contributed by atoms with Crippen molar-refractivity contribution in [2.24, 2.45) is 0 Å². The molecule has 14 heteroatoms. The molecule has 3 rings (SSSR count). The molecule has 202 valence electrons. The quantitative estimate of drug-likeness (QED) is 0.124. The van der Waals surface area contributed by atoms with Crippen LogP contribution in [0.1, 0.15) is 5.56 Å². The topological polar surface area (TPSA) is 225 Å². The molecule has 1 aromatic rings. The van der Waals surface area contributed by atoms with Gasteiger partial charge in [0.1, 0.15) is 55.4 Å². The molecule has 0 aliphatic carbocycles. The number of carbonyl (C=O) groups excluding carboxylic acids is 1. The summed E-state index contributed by atoms with van der Waals surface area (Å²) in [4.78, 5) is 12.1. The van der Waals surface area contributed by atoms with Gasteiger partial charge in [0.05, 0.1) is 13.7 Å². The fraction of sp³-hybridized carbons (Fsp3) is 0.591. The highest BCUT2D eigenvalue weighted by Crippen LogP contribution is 2.27. The molecule has 0 aromatic heterocycles. The lowest BCUT2D eigenvalue weighted by Crippen LogP contribution is -2.61. The van der Waals surface area contributed by atoms with E-state index in [-0.39, 0.29) is 11.5 Å². The third-order valence-corrected chi connectivity index (χ3v) is 5.79. The third-order valence-electron chi connectivity index (χ3n) is 5.79. The predicted octanol–water partition coefficient (Wildman–Crippen LogP) is -3.42. The summed E-state index contributed by atoms with van der Waals surface area (Å²) in [5.74, 6) is -0.696. The van der Waals surface area contributed by atoms with E-state index in [1.54, 1.807) is 0 Å². The number of hydrogen-bond acceptors (Lipinski definition) is 14. The highest BCUT2D eigenvalue weighted by atomic mass is 16.7. The standard InChI is InChI=1S/C22H30O14/c1-32-11-6-9(2-4-10(11)23)3-5-14(24)33-7-13-16(26)18(28)20(30)22(36-13)34-8-12-15(25)17(27)19(29)21(31)35-12/h2-6,12-13,15-23,25-31H,7-8H2,1H3. The molecule has 1 aromatic carbocycles. The average Bonchev–Trinajstić information content (AvgIpc) is 2.87.